The molecule has 224 valence electrons. The van der Waals surface area contributed by atoms with Gasteiger partial charge in [-0.15, -0.1) is 0 Å². The topological polar surface area (TPSA) is 3.24 Å². The van der Waals surface area contributed by atoms with Gasteiger partial charge in [-0.1, -0.05) is 147 Å². The van der Waals surface area contributed by atoms with E-state index in [1.54, 1.807) is 0 Å². The highest BCUT2D eigenvalue weighted by Gasteiger charge is 2.38. The molecule has 1 aliphatic heterocycles. The SMILES string of the molecule is CC1(C)c2cc(-c3ccccc3)ccc2N(c2ccc3c(c2)-c2ccccc2C3c2ccccc2)c2ccc(-c3ccccc3)cc21. The molecule has 1 heterocycles. The van der Waals surface area contributed by atoms with Crippen molar-refractivity contribution < 1.29 is 0 Å². The molecule has 0 amide bonds. The van der Waals surface area contributed by atoms with E-state index in [1.165, 1.54) is 78.3 Å². The molecule has 7 aromatic rings. The van der Waals surface area contributed by atoms with Crippen molar-refractivity contribution in [2.45, 2.75) is 25.2 Å². The Morgan fingerprint density at radius 1 is 0.426 bits per heavy atom. The smallest absolute Gasteiger partial charge is 0.0503 e. The molecule has 0 saturated carbocycles. The third kappa shape index (κ3) is 4.38. The molecule has 0 radical (unpaired) electrons. The van der Waals surface area contributed by atoms with Crippen LogP contribution in [0.1, 0.15) is 47.6 Å². The second-order valence-corrected chi connectivity index (χ2v) is 13.4. The maximum Gasteiger partial charge on any atom is 0.0503 e. The van der Waals surface area contributed by atoms with Gasteiger partial charge in [0.15, 0.2) is 0 Å². The summed E-state index contributed by atoms with van der Waals surface area (Å²) in [6.45, 7) is 4.77. The maximum absolute atomic E-state index is 2.50. The zero-order valence-corrected chi connectivity index (χ0v) is 26.7. The van der Waals surface area contributed by atoms with Crippen molar-refractivity contribution in [1.82, 2.24) is 0 Å². The normalized spacial score (nSPS) is 15.4. The standard InChI is InChI=1S/C46H35N/c1-46(2)41-28-34(31-14-6-3-7-15-31)22-26-43(41)47(44-27-23-35(29-42(44)46)32-16-8-4-9-17-32)36-24-25-39-40(30-36)37-20-12-13-21-38(37)45(39)33-18-10-5-11-19-33/h3-30,45H,1-2H3. The molecule has 1 heteroatoms. The Kier molecular flexibility index (Phi) is 6.30. The zero-order chi connectivity index (χ0) is 31.5. The third-order valence-corrected chi connectivity index (χ3v) is 10.3. The Balaban J connectivity index is 1.26. The largest absolute Gasteiger partial charge is 0.310 e. The summed E-state index contributed by atoms with van der Waals surface area (Å²) >= 11 is 0. The fraction of sp³-hybridized carbons (Fsp3) is 0.0870. The number of nitrogens with zero attached hydrogens (tertiary/aromatic N) is 1. The molecule has 2 aliphatic rings. The van der Waals surface area contributed by atoms with Gasteiger partial charge in [0.1, 0.15) is 0 Å². The molecule has 0 bridgehead atoms. The Morgan fingerprint density at radius 2 is 0.936 bits per heavy atom. The first kappa shape index (κ1) is 27.6. The first-order chi connectivity index (χ1) is 23.1. The van der Waals surface area contributed by atoms with E-state index in [0.717, 1.165) is 0 Å². The van der Waals surface area contributed by atoms with Crippen LogP contribution in [0.25, 0.3) is 33.4 Å². The summed E-state index contributed by atoms with van der Waals surface area (Å²) in [4.78, 5) is 2.50. The van der Waals surface area contributed by atoms with Crippen LogP contribution in [0, 0.1) is 0 Å². The van der Waals surface area contributed by atoms with Crippen molar-refractivity contribution in [3.8, 4) is 33.4 Å². The highest BCUT2D eigenvalue weighted by Crippen LogP contribution is 2.55. The van der Waals surface area contributed by atoms with E-state index in [2.05, 4.69) is 189 Å². The minimum absolute atomic E-state index is 0.210. The minimum Gasteiger partial charge on any atom is -0.310 e. The van der Waals surface area contributed by atoms with Crippen LogP contribution in [0.2, 0.25) is 0 Å². The lowest BCUT2D eigenvalue weighted by atomic mass is 9.72. The molecular weight excluding hydrogens is 567 g/mol. The van der Waals surface area contributed by atoms with Crippen molar-refractivity contribution in [2.24, 2.45) is 0 Å². The monoisotopic (exact) mass is 601 g/mol. The predicted molar refractivity (Wildman–Crippen MR) is 197 cm³/mol. The van der Waals surface area contributed by atoms with E-state index in [4.69, 9.17) is 0 Å². The average molecular weight is 602 g/mol. The van der Waals surface area contributed by atoms with Gasteiger partial charge in [-0.25, -0.2) is 0 Å². The lowest BCUT2D eigenvalue weighted by Crippen LogP contribution is -2.30. The summed E-state index contributed by atoms with van der Waals surface area (Å²) in [6, 6.07) is 62.6. The van der Waals surface area contributed by atoms with Crippen molar-refractivity contribution in [1.29, 1.82) is 0 Å². The van der Waals surface area contributed by atoms with Gasteiger partial charge in [-0.2, -0.15) is 0 Å². The van der Waals surface area contributed by atoms with Crippen LogP contribution in [0.15, 0.2) is 170 Å². The lowest BCUT2D eigenvalue weighted by Gasteiger charge is -2.42. The van der Waals surface area contributed by atoms with Gasteiger partial charge < -0.3 is 4.90 Å². The van der Waals surface area contributed by atoms with Crippen LogP contribution in [0.3, 0.4) is 0 Å². The number of rotatable bonds is 4. The molecule has 1 atom stereocenters. The quantitative estimate of drug-likeness (QED) is 0.194. The van der Waals surface area contributed by atoms with Crippen LogP contribution in [0.5, 0.6) is 0 Å². The molecular formula is C46H35N. The number of hydrogen-bond acceptors (Lipinski definition) is 1. The first-order valence-corrected chi connectivity index (χ1v) is 16.6. The summed E-state index contributed by atoms with van der Waals surface area (Å²) in [5.74, 6) is 0.234. The number of hydrogen-bond donors (Lipinski definition) is 0. The summed E-state index contributed by atoms with van der Waals surface area (Å²) in [6.07, 6.45) is 0. The van der Waals surface area contributed by atoms with Gasteiger partial charge in [0.05, 0.1) is 11.4 Å². The van der Waals surface area contributed by atoms with Gasteiger partial charge in [-0.3, -0.25) is 0 Å². The second kappa shape index (κ2) is 10.7. The van der Waals surface area contributed by atoms with E-state index in [-0.39, 0.29) is 11.3 Å². The number of benzene rings is 7. The molecule has 0 N–H and O–H groups in total. The van der Waals surface area contributed by atoms with Crippen molar-refractivity contribution in [2.75, 3.05) is 4.90 Å². The van der Waals surface area contributed by atoms with Gasteiger partial charge in [0, 0.05) is 17.0 Å². The van der Waals surface area contributed by atoms with Crippen LogP contribution >= 0.6 is 0 Å². The van der Waals surface area contributed by atoms with E-state index >= 15 is 0 Å². The third-order valence-electron chi connectivity index (χ3n) is 10.3. The zero-order valence-electron chi connectivity index (χ0n) is 26.7. The molecule has 47 heavy (non-hydrogen) atoms. The van der Waals surface area contributed by atoms with E-state index in [9.17, 15) is 0 Å². The van der Waals surface area contributed by atoms with E-state index in [1.807, 2.05) is 0 Å². The summed E-state index contributed by atoms with van der Waals surface area (Å²) in [5, 5.41) is 0. The average Bonchev–Trinajstić information content (AvgIpc) is 3.46. The van der Waals surface area contributed by atoms with Crippen molar-refractivity contribution >= 4 is 17.1 Å². The minimum atomic E-state index is -0.210. The molecule has 7 aromatic carbocycles. The molecule has 9 rings (SSSR count). The highest BCUT2D eigenvalue weighted by molar-refractivity contribution is 5.92. The Bertz CT molecular complexity index is 2170. The predicted octanol–water partition coefficient (Wildman–Crippen LogP) is 12.3. The van der Waals surface area contributed by atoms with Crippen LogP contribution in [-0.4, -0.2) is 0 Å². The van der Waals surface area contributed by atoms with Crippen LogP contribution in [0.4, 0.5) is 17.1 Å². The van der Waals surface area contributed by atoms with Gasteiger partial charge in [0.25, 0.3) is 0 Å². The van der Waals surface area contributed by atoms with Crippen molar-refractivity contribution in [3.63, 3.8) is 0 Å². The molecule has 1 aliphatic carbocycles. The van der Waals surface area contributed by atoms with E-state index in [0.29, 0.717) is 0 Å². The molecule has 1 nitrogen and oxygen atoms in total. The summed E-state index contributed by atoms with van der Waals surface area (Å²) in [7, 11) is 0. The molecule has 0 saturated heterocycles. The second-order valence-electron chi connectivity index (χ2n) is 13.4. The van der Waals surface area contributed by atoms with E-state index < -0.39 is 0 Å². The Hall–Kier alpha value is -5.66. The first-order valence-electron chi connectivity index (χ1n) is 16.6. The van der Waals surface area contributed by atoms with Crippen LogP contribution in [-0.2, 0) is 5.41 Å². The fourth-order valence-corrected chi connectivity index (χ4v) is 7.97. The van der Waals surface area contributed by atoms with Gasteiger partial charge >= 0.3 is 0 Å². The number of anilines is 3. The highest BCUT2D eigenvalue weighted by atomic mass is 15.2. The Morgan fingerprint density at radius 3 is 1.53 bits per heavy atom. The van der Waals surface area contributed by atoms with Crippen LogP contribution < -0.4 is 4.90 Å². The molecule has 0 spiro atoms. The molecule has 0 fully saturated rings. The fourth-order valence-electron chi connectivity index (χ4n) is 7.97. The van der Waals surface area contributed by atoms with Gasteiger partial charge in [-0.05, 0) is 97.6 Å². The lowest BCUT2D eigenvalue weighted by molar-refractivity contribution is 0.632. The number of fused-ring (bicyclic) bond motifs is 5. The molecule has 1 unspecified atom stereocenters. The van der Waals surface area contributed by atoms with Gasteiger partial charge in [0.2, 0.25) is 0 Å². The van der Waals surface area contributed by atoms with Crippen molar-refractivity contribution in [3.05, 3.63) is 198 Å². The molecule has 0 aromatic heterocycles. The maximum atomic E-state index is 2.50. The summed E-state index contributed by atoms with van der Waals surface area (Å²) < 4.78 is 0. The Labute approximate surface area is 277 Å². The summed E-state index contributed by atoms with van der Waals surface area (Å²) in [5.41, 5.74) is 17.8.